The lowest BCUT2D eigenvalue weighted by Crippen LogP contribution is -2.50. The van der Waals surface area contributed by atoms with Gasteiger partial charge in [-0.15, -0.1) is 0 Å². The molecule has 2 unspecified atom stereocenters. The molecule has 0 amide bonds. The molecule has 16 heavy (non-hydrogen) atoms. The van der Waals surface area contributed by atoms with Crippen LogP contribution < -0.4 is 0 Å². The third-order valence-electron chi connectivity index (χ3n) is 4.33. The zero-order valence-electron chi connectivity index (χ0n) is 10.2. The summed E-state index contributed by atoms with van der Waals surface area (Å²) in [6, 6.07) is 1.85. The fourth-order valence-electron chi connectivity index (χ4n) is 3.35. The molecule has 1 N–H and O–H groups in total. The van der Waals surface area contributed by atoms with Crippen molar-refractivity contribution in [1.82, 2.24) is 9.80 Å². The molecule has 0 aromatic rings. The molecule has 92 valence electrons. The van der Waals surface area contributed by atoms with Crippen LogP contribution in [0, 0.1) is 0 Å². The monoisotopic (exact) mass is 226 g/mol. The minimum absolute atomic E-state index is 0.199. The number of nitrogens with zero attached hydrogens (tertiary/aromatic N) is 2. The molecule has 4 nitrogen and oxygen atoms in total. The van der Waals surface area contributed by atoms with Crippen LogP contribution in [0.1, 0.15) is 32.6 Å². The summed E-state index contributed by atoms with van der Waals surface area (Å²) in [5.41, 5.74) is 0. The van der Waals surface area contributed by atoms with Crippen molar-refractivity contribution in [2.75, 3.05) is 20.1 Å². The molecule has 2 atom stereocenters. The SMILES string of the molecule is CCN(CC(=O)O)C1CC2CCC(C1)N2C. The van der Waals surface area contributed by atoms with Gasteiger partial charge in [0.05, 0.1) is 6.54 Å². The zero-order valence-corrected chi connectivity index (χ0v) is 10.2. The van der Waals surface area contributed by atoms with Crippen molar-refractivity contribution >= 4 is 5.97 Å². The Morgan fingerprint density at radius 1 is 1.38 bits per heavy atom. The molecule has 2 heterocycles. The average Bonchev–Trinajstić information content (AvgIpc) is 2.50. The first-order valence-electron chi connectivity index (χ1n) is 6.29. The minimum atomic E-state index is -0.701. The van der Waals surface area contributed by atoms with Crippen molar-refractivity contribution in [2.45, 2.75) is 50.7 Å². The van der Waals surface area contributed by atoms with E-state index in [-0.39, 0.29) is 6.54 Å². The van der Waals surface area contributed by atoms with Gasteiger partial charge in [-0.25, -0.2) is 0 Å². The summed E-state index contributed by atoms with van der Waals surface area (Å²) in [7, 11) is 2.21. The fourth-order valence-corrected chi connectivity index (χ4v) is 3.35. The predicted octanol–water partition coefficient (Wildman–Crippen LogP) is 1.02. The Labute approximate surface area is 97.2 Å². The van der Waals surface area contributed by atoms with Crippen LogP contribution in [0.2, 0.25) is 0 Å². The summed E-state index contributed by atoms with van der Waals surface area (Å²) >= 11 is 0. The number of fused-ring (bicyclic) bond motifs is 2. The van der Waals surface area contributed by atoms with Gasteiger partial charge in [0.1, 0.15) is 0 Å². The third kappa shape index (κ3) is 2.23. The van der Waals surface area contributed by atoms with E-state index in [9.17, 15) is 4.79 Å². The second-order valence-corrected chi connectivity index (χ2v) is 5.13. The van der Waals surface area contributed by atoms with Crippen molar-refractivity contribution < 1.29 is 9.90 Å². The Kier molecular flexibility index (Phi) is 3.50. The Morgan fingerprint density at radius 3 is 2.38 bits per heavy atom. The lowest BCUT2D eigenvalue weighted by atomic mass is 9.96. The molecule has 2 aliphatic rings. The average molecular weight is 226 g/mol. The number of carbonyl (C=O) groups is 1. The van der Waals surface area contributed by atoms with E-state index in [4.69, 9.17) is 5.11 Å². The number of rotatable bonds is 4. The molecule has 2 bridgehead atoms. The maximum Gasteiger partial charge on any atom is 0.317 e. The van der Waals surface area contributed by atoms with Gasteiger partial charge in [-0.2, -0.15) is 0 Å². The molecular weight excluding hydrogens is 204 g/mol. The molecule has 0 aromatic carbocycles. The lowest BCUT2D eigenvalue weighted by Gasteiger charge is -2.41. The predicted molar refractivity (Wildman–Crippen MR) is 62.5 cm³/mol. The highest BCUT2D eigenvalue weighted by atomic mass is 16.4. The van der Waals surface area contributed by atoms with Crippen LogP contribution in [0.25, 0.3) is 0 Å². The van der Waals surface area contributed by atoms with Crippen molar-refractivity contribution in [2.24, 2.45) is 0 Å². The maximum atomic E-state index is 10.8. The Balaban J connectivity index is 1.97. The Hall–Kier alpha value is -0.610. The van der Waals surface area contributed by atoms with Crippen LogP contribution in [0.15, 0.2) is 0 Å². The zero-order chi connectivity index (χ0) is 11.7. The van der Waals surface area contributed by atoms with Crippen molar-refractivity contribution in [1.29, 1.82) is 0 Å². The molecule has 4 heteroatoms. The number of aliphatic carboxylic acids is 1. The standard InChI is InChI=1S/C12H22N2O2/c1-3-14(8-12(15)16)11-6-9-4-5-10(7-11)13(9)2/h9-11H,3-8H2,1-2H3,(H,15,16). The maximum absolute atomic E-state index is 10.8. The van der Waals surface area contributed by atoms with E-state index in [1.54, 1.807) is 0 Å². The van der Waals surface area contributed by atoms with E-state index in [0.717, 1.165) is 19.4 Å². The van der Waals surface area contributed by atoms with E-state index >= 15 is 0 Å². The molecular formula is C12H22N2O2. The summed E-state index contributed by atoms with van der Waals surface area (Å²) in [5.74, 6) is -0.701. The minimum Gasteiger partial charge on any atom is -0.480 e. The molecule has 0 radical (unpaired) electrons. The lowest BCUT2D eigenvalue weighted by molar-refractivity contribution is -0.139. The number of carboxylic acid groups (broad SMARTS) is 1. The molecule has 2 saturated heterocycles. The van der Waals surface area contributed by atoms with Crippen LogP contribution in [-0.2, 0) is 4.79 Å². The fraction of sp³-hybridized carbons (Fsp3) is 0.917. The molecule has 0 spiro atoms. The quantitative estimate of drug-likeness (QED) is 0.777. The normalized spacial score (nSPS) is 34.6. The van der Waals surface area contributed by atoms with Gasteiger partial charge in [-0.05, 0) is 39.3 Å². The summed E-state index contributed by atoms with van der Waals surface area (Å²) in [4.78, 5) is 15.4. The smallest absolute Gasteiger partial charge is 0.317 e. The molecule has 0 saturated carbocycles. The summed E-state index contributed by atoms with van der Waals surface area (Å²) in [5, 5.41) is 8.89. The first kappa shape index (κ1) is 11.9. The van der Waals surface area contributed by atoms with Gasteiger partial charge in [-0.1, -0.05) is 6.92 Å². The van der Waals surface area contributed by atoms with E-state index in [2.05, 4.69) is 23.8 Å². The molecule has 0 aromatic heterocycles. The topological polar surface area (TPSA) is 43.8 Å². The number of likely N-dealkylation sites (N-methyl/N-ethyl adjacent to an activating group) is 1. The van der Waals surface area contributed by atoms with Crippen molar-refractivity contribution in [3.63, 3.8) is 0 Å². The van der Waals surface area contributed by atoms with Crippen LogP contribution >= 0.6 is 0 Å². The van der Waals surface area contributed by atoms with E-state index < -0.39 is 5.97 Å². The first-order chi connectivity index (χ1) is 7.61. The van der Waals surface area contributed by atoms with Crippen molar-refractivity contribution in [3.8, 4) is 0 Å². The van der Waals surface area contributed by atoms with Gasteiger partial charge >= 0.3 is 5.97 Å². The van der Waals surface area contributed by atoms with Gasteiger partial charge in [0.25, 0.3) is 0 Å². The van der Waals surface area contributed by atoms with Gasteiger partial charge in [0.2, 0.25) is 0 Å². The Bertz CT molecular complexity index is 256. The highest BCUT2D eigenvalue weighted by Crippen LogP contribution is 2.36. The van der Waals surface area contributed by atoms with Gasteiger partial charge < -0.3 is 10.0 Å². The van der Waals surface area contributed by atoms with Gasteiger partial charge in [-0.3, -0.25) is 9.69 Å². The molecule has 2 rings (SSSR count). The second-order valence-electron chi connectivity index (χ2n) is 5.13. The highest BCUT2D eigenvalue weighted by molar-refractivity contribution is 5.69. The number of piperidine rings is 1. The van der Waals surface area contributed by atoms with E-state index in [0.29, 0.717) is 18.1 Å². The first-order valence-corrected chi connectivity index (χ1v) is 6.29. The van der Waals surface area contributed by atoms with E-state index in [1.807, 2.05) is 0 Å². The number of carboxylic acids is 1. The second kappa shape index (κ2) is 4.72. The van der Waals surface area contributed by atoms with Crippen LogP contribution in [0.4, 0.5) is 0 Å². The van der Waals surface area contributed by atoms with Crippen LogP contribution in [-0.4, -0.2) is 59.1 Å². The largest absolute Gasteiger partial charge is 0.480 e. The summed E-state index contributed by atoms with van der Waals surface area (Å²) in [6.45, 7) is 3.10. The molecule has 0 aliphatic carbocycles. The van der Waals surface area contributed by atoms with Crippen molar-refractivity contribution in [3.05, 3.63) is 0 Å². The number of hydrogen-bond acceptors (Lipinski definition) is 3. The Morgan fingerprint density at radius 2 is 1.94 bits per heavy atom. The summed E-state index contributed by atoms with van der Waals surface area (Å²) in [6.07, 6.45) is 4.88. The van der Waals surface area contributed by atoms with Gasteiger partial charge in [0, 0.05) is 18.1 Å². The third-order valence-corrected chi connectivity index (χ3v) is 4.33. The number of hydrogen-bond donors (Lipinski definition) is 1. The van der Waals surface area contributed by atoms with Crippen LogP contribution in [0.3, 0.4) is 0 Å². The molecule has 2 aliphatic heterocycles. The van der Waals surface area contributed by atoms with Crippen LogP contribution in [0.5, 0.6) is 0 Å². The summed E-state index contributed by atoms with van der Waals surface area (Å²) < 4.78 is 0. The van der Waals surface area contributed by atoms with Gasteiger partial charge in [0.15, 0.2) is 0 Å². The highest BCUT2D eigenvalue weighted by Gasteiger charge is 2.40. The van der Waals surface area contributed by atoms with E-state index in [1.165, 1.54) is 12.8 Å². The molecule has 2 fully saturated rings.